The van der Waals surface area contributed by atoms with E-state index in [0.29, 0.717) is 29.3 Å². The molecule has 4 heterocycles. The molecule has 1 amide bonds. The number of aryl methyl sites for hydroxylation is 1. The number of rotatable bonds is 7. The molecule has 0 saturated heterocycles. The Balaban J connectivity index is 0.00000380. The van der Waals surface area contributed by atoms with Gasteiger partial charge >= 0.3 is 6.18 Å². The lowest BCUT2D eigenvalue weighted by molar-refractivity contribution is -0.142. The van der Waals surface area contributed by atoms with E-state index in [1.54, 1.807) is 17.1 Å². The van der Waals surface area contributed by atoms with Crippen LogP contribution in [0.1, 0.15) is 36.4 Å². The summed E-state index contributed by atoms with van der Waals surface area (Å²) < 4.78 is 45.6. The molecular weight excluding hydrogens is 507 g/mol. The Morgan fingerprint density at radius 1 is 1.22 bits per heavy atom. The number of pyridine rings is 2. The molecule has 37 heavy (non-hydrogen) atoms. The van der Waals surface area contributed by atoms with Gasteiger partial charge in [0.05, 0.1) is 36.9 Å². The second-order valence-electron chi connectivity index (χ2n) is 9.07. The highest BCUT2D eigenvalue weighted by Gasteiger charge is 2.36. The SMILES string of the molecule is COc1cc(Cn2cc(CNc3cc4c(c(C)n3)NC(=O)[C@H](C(C)C)N4C)cn2)cnc1C(F)(F)F.S. The highest BCUT2D eigenvalue weighted by Crippen LogP contribution is 2.37. The summed E-state index contributed by atoms with van der Waals surface area (Å²) in [5.41, 5.74) is 2.63. The van der Waals surface area contributed by atoms with Crippen molar-refractivity contribution in [3.05, 3.63) is 53.2 Å². The fraction of sp³-hybridized carbons (Fsp3) is 0.417. The Labute approximate surface area is 219 Å². The first kappa shape index (κ1) is 28.1. The summed E-state index contributed by atoms with van der Waals surface area (Å²) in [4.78, 5) is 22.6. The lowest BCUT2D eigenvalue weighted by atomic mass is 9.98. The monoisotopic (exact) mass is 537 g/mol. The first-order valence-corrected chi connectivity index (χ1v) is 11.4. The number of methoxy groups -OCH3 is 1. The Kier molecular flexibility index (Phi) is 8.25. The van der Waals surface area contributed by atoms with E-state index >= 15 is 0 Å². The van der Waals surface area contributed by atoms with Gasteiger partial charge in [-0.3, -0.25) is 9.48 Å². The van der Waals surface area contributed by atoms with Crippen molar-refractivity contribution in [3.63, 3.8) is 0 Å². The molecule has 1 aliphatic rings. The number of nitrogens with one attached hydrogen (secondary N) is 2. The largest absolute Gasteiger partial charge is 0.494 e. The van der Waals surface area contributed by atoms with Crippen molar-refractivity contribution in [2.24, 2.45) is 5.92 Å². The van der Waals surface area contributed by atoms with Crippen LogP contribution in [0.4, 0.5) is 30.4 Å². The molecule has 0 spiro atoms. The zero-order valence-corrected chi connectivity index (χ0v) is 22.1. The van der Waals surface area contributed by atoms with Crippen molar-refractivity contribution >= 4 is 36.6 Å². The Bertz CT molecular complexity index is 1280. The maximum Gasteiger partial charge on any atom is 0.437 e. The Morgan fingerprint density at radius 2 is 1.95 bits per heavy atom. The number of amides is 1. The number of anilines is 3. The number of carbonyl (C=O) groups is 1. The summed E-state index contributed by atoms with van der Waals surface area (Å²) >= 11 is 0. The van der Waals surface area contributed by atoms with Crippen LogP contribution in [0, 0.1) is 12.8 Å². The topological polar surface area (TPSA) is 97.2 Å². The predicted molar refractivity (Wildman–Crippen MR) is 139 cm³/mol. The van der Waals surface area contributed by atoms with Crippen molar-refractivity contribution < 1.29 is 22.7 Å². The third kappa shape index (κ3) is 5.92. The van der Waals surface area contributed by atoms with E-state index in [0.717, 1.165) is 11.3 Å². The van der Waals surface area contributed by atoms with Crippen LogP contribution >= 0.6 is 13.5 Å². The van der Waals surface area contributed by atoms with Gasteiger partial charge in [-0.25, -0.2) is 9.97 Å². The minimum atomic E-state index is -4.59. The van der Waals surface area contributed by atoms with Crippen LogP contribution in [0.5, 0.6) is 5.75 Å². The van der Waals surface area contributed by atoms with Gasteiger partial charge in [-0.15, -0.1) is 0 Å². The number of hydrogen-bond donors (Lipinski definition) is 2. The van der Waals surface area contributed by atoms with Crippen LogP contribution in [-0.4, -0.2) is 45.9 Å². The fourth-order valence-corrected chi connectivity index (χ4v) is 4.36. The molecule has 0 unspecified atom stereocenters. The minimum Gasteiger partial charge on any atom is -0.494 e. The molecule has 1 atom stereocenters. The number of hydrogen-bond acceptors (Lipinski definition) is 7. The predicted octanol–water partition coefficient (Wildman–Crippen LogP) is 4.20. The summed E-state index contributed by atoms with van der Waals surface area (Å²) in [5.74, 6) is 0.419. The molecular formula is C24H30F3N7O2S. The third-order valence-corrected chi connectivity index (χ3v) is 6.03. The standard InChI is InChI=1S/C24H28F3N7O2.H2S/c1-13(2)21-23(35)32-20-14(3)31-19(7-17(20)33(21)4)28-9-16-10-30-34(12-16)11-15-6-18(36-5)22(29-8-15)24(25,26)27;/h6-8,10,12-13,21H,9,11H2,1-5H3,(H,28,31)(H,32,35);1H2/t21-;/m0./s1. The molecule has 0 aromatic carbocycles. The van der Waals surface area contributed by atoms with Crippen molar-refractivity contribution in [3.8, 4) is 5.75 Å². The van der Waals surface area contributed by atoms with Gasteiger partial charge < -0.3 is 20.3 Å². The van der Waals surface area contributed by atoms with Gasteiger partial charge in [0.15, 0.2) is 5.69 Å². The van der Waals surface area contributed by atoms with Gasteiger partial charge in [0.1, 0.15) is 17.6 Å². The van der Waals surface area contributed by atoms with Crippen LogP contribution in [0.15, 0.2) is 30.7 Å². The summed E-state index contributed by atoms with van der Waals surface area (Å²) in [5, 5.41) is 10.6. The van der Waals surface area contributed by atoms with E-state index in [2.05, 4.69) is 25.7 Å². The van der Waals surface area contributed by atoms with Gasteiger partial charge in [0.25, 0.3) is 0 Å². The number of likely N-dealkylation sites (N-methyl/N-ethyl adjacent to an activating group) is 1. The highest BCUT2D eigenvalue weighted by molar-refractivity contribution is 7.59. The minimum absolute atomic E-state index is 0. The summed E-state index contributed by atoms with van der Waals surface area (Å²) in [6.45, 7) is 6.53. The number of carbonyl (C=O) groups excluding carboxylic acids is 1. The van der Waals surface area contributed by atoms with E-state index in [-0.39, 0.29) is 43.7 Å². The lowest BCUT2D eigenvalue weighted by Gasteiger charge is -2.38. The first-order chi connectivity index (χ1) is 17.0. The molecule has 4 rings (SSSR count). The first-order valence-electron chi connectivity index (χ1n) is 11.4. The quantitative estimate of drug-likeness (QED) is 0.466. The number of fused-ring (bicyclic) bond motifs is 1. The van der Waals surface area contributed by atoms with Crippen LogP contribution in [0.25, 0.3) is 0 Å². The molecule has 0 saturated carbocycles. The van der Waals surface area contributed by atoms with Gasteiger partial charge in [-0.05, 0) is 24.5 Å². The van der Waals surface area contributed by atoms with Crippen molar-refractivity contribution in [1.29, 1.82) is 0 Å². The van der Waals surface area contributed by atoms with Gasteiger partial charge in [-0.1, -0.05) is 13.8 Å². The van der Waals surface area contributed by atoms with E-state index in [4.69, 9.17) is 4.74 Å². The zero-order valence-electron chi connectivity index (χ0n) is 21.1. The van der Waals surface area contributed by atoms with Crippen LogP contribution in [0.3, 0.4) is 0 Å². The van der Waals surface area contributed by atoms with E-state index in [9.17, 15) is 18.0 Å². The molecule has 1 aliphatic heterocycles. The van der Waals surface area contributed by atoms with E-state index in [1.807, 2.05) is 38.8 Å². The van der Waals surface area contributed by atoms with Gasteiger partial charge in [-0.2, -0.15) is 31.8 Å². The Hall–Kier alpha value is -3.48. The molecule has 0 bridgehead atoms. The highest BCUT2D eigenvalue weighted by atomic mass is 32.1. The van der Waals surface area contributed by atoms with E-state index < -0.39 is 11.9 Å². The number of halogens is 3. The number of alkyl halides is 3. The van der Waals surface area contributed by atoms with Crippen LogP contribution in [0.2, 0.25) is 0 Å². The molecule has 9 nitrogen and oxygen atoms in total. The zero-order chi connectivity index (χ0) is 26.2. The molecule has 0 radical (unpaired) electrons. The lowest BCUT2D eigenvalue weighted by Crippen LogP contribution is -2.49. The van der Waals surface area contributed by atoms with Gasteiger partial charge in [0, 0.05) is 37.6 Å². The summed E-state index contributed by atoms with van der Waals surface area (Å²) in [6, 6.07) is 2.94. The number of ether oxygens (including phenoxy) is 1. The average Bonchev–Trinajstić information content (AvgIpc) is 3.24. The second-order valence-corrected chi connectivity index (χ2v) is 9.07. The normalized spacial score (nSPS) is 15.2. The molecule has 2 N–H and O–H groups in total. The molecule has 0 fully saturated rings. The van der Waals surface area contributed by atoms with Crippen LogP contribution < -0.4 is 20.3 Å². The molecule has 200 valence electrons. The third-order valence-electron chi connectivity index (χ3n) is 6.03. The average molecular weight is 538 g/mol. The maximum atomic E-state index is 13.0. The number of nitrogens with zero attached hydrogens (tertiary/aromatic N) is 5. The molecule has 13 heteroatoms. The van der Waals surface area contributed by atoms with E-state index in [1.165, 1.54) is 19.4 Å². The summed E-state index contributed by atoms with van der Waals surface area (Å²) in [7, 11) is 3.08. The van der Waals surface area contributed by atoms with Crippen molar-refractivity contribution in [2.45, 2.75) is 46.1 Å². The summed E-state index contributed by atoms with van der Waals surface area (Å²) in [6.07, 6.45) is 0.0513. The van der Waals surface area contributed by atoms with Crippen molar-refractivity contribution in [2.75, 3.05) is 29.7 Å². The number of aromatic nitrogens is 4. The molecule has 3 aromatic heterocycles. The smallest absolute Gasteiger partial charge is 0.437 e. The van der Waals surface area contributed by atoms with Crippen LogP contribution in [-0.2, 0) is 24.1 Å². The molecule has 0 aliphatic carbocycles. The second kappa shape index (κ2) is 10.9. The Morgan fingerprint density at radius 3 is 2.59 bits per heavy atom. The van der Waals surface area contributed by atoms with Gasteiger partial charge in [0.2, 0.25) is 5.91 Å². The maximum absolute atomic E-state index is 13.0. The fourth-order valence-electron chi connectivity index (χ4n) is 4.36. The molecule has 3 aromatic rings. The van der Waals surface area contributed by atoms with Crippen molar-refractivity contribution in [1.82, 2.24) is 19.7 Å².